The van der Waals surface area contributed by atoms with E-state index in [1.54, 1.807) is 0 Å². The van der Waals surface area contributed by atoms with Crippen molar-refractivity contribution in [2.24, 2.45) is 5.92 Å². The number of aliphatic hydroxyl groups is 1. The number of hydrogen-bond acceptors (Lipinski definition) is 6. The first kappa shape index (κ1) is 13.8. The van der Waals surface area contributed by atoms with E-state index in [1.807, 2.05) is 4.68 Å². The second-order valence-corrected chi connectivity index (χ2v) is 6.71. The summed E-state index contributed by atoms with van der Waals surface area (Å²) in [4.78, 5) is 10.9. The number of carboxylic acids is 1. The molecule has 0 amide bonds. The number of aliphatic carboxylic acids is 1. The summed E-state index contributed by atoms with van der Waals surface area (Å²) in [6.45, 7) is 0. The lowest BCUT2D eigenvalue weighted by Gasteiger charge is -2.34. The predicted molar refractivity (Wildman–Crippen MR) is 71.4 cm³/mol. The van der Waals surface area contributed by atoms with Crippen molar-refractivity contribution >= 4 is 17.7 Å². The van der Waals surface area contributed by atoms with Crippen LogP contribution in [0, 0.1) is 5.92 Å². The third kappa shape index (κ3) is 2.95. The number of aromatic nitrogens is 4. The molecule has 8 heteroatoms. The third-order valence-electron chi connectivity index (χ3n) is 4.09. The minimum absolute atomic E-state index is 0.308. The molecule has 0 bridgehead atoms. The summed E-state index contributed by atoms with van der Waals surface area (Å²) in [6, 6.07) is 0.421. The monoisotopic (exact) mass is 298 g/mol. The minimum Gasteiger partial charge on any atom is -0.481 e. The molecule has 0 radical (unpaired) electrons. The zero-order valence-corrected chi connectivity index (χ0v) is 11.9. The first-order valence-electron chi connectivity index (χ1n) is 6.93. The topological polar surface area (TPSA) is 101 Å². The molecule has 0 aliphatic heterocycles. The van der Waals surface area contributed by atoms with E-state index in [2.05, 4.69) is 15.5 Å². The Morgan fingerprint density at radius 3 is 2.65 bits per heavy atom. The van der Waals surface area contributed by atoms with E-state index < -0.39 is 11.6 Å². The quantitative estimate of drug-likeness (QED) is 0.785. The molecule has 2 N–H and O–H groups in total. The highest BCUT2D eigenvalue weighted by Crippen LogP contribution is 2.39. The summed E-state index contributed by atoms with van der Waals surface area (Å²) in [6.07, 6.45) is 4.37. The van der Waals surface area contributed by atoms with Gasteiger partial charge in [-0.05, 0) is 49.0 Å². The van der Waals surface area contributed by atoms with Crippen LogP contribution in [0.5, 0.6) is 0 Å². The Morgan fingerprint density at radius 1 is 1.35 bits per heavy atom. The summed E-state index contributed by atoms with van der Waals surface area (Å²) in [5.74, 6) is -0.540. The van der Waals surface area contributed by atoms with Gasteiger partial charge in [0.25, 0.3) is 0 Å². The second-order valence-electron chi connectivity index (χ2n) is 5.76. The van der Waals surface area contributed by atoms with E-state index >= 15 is 0 Å². The van der Waals surface area contributed by atoms with Crippen molar-refractivity contribution in [1.82, 2.24) is 20.2 Å². The molecule has 0 spiro atoms. The van der Waals surface area contributed by atoms with E-state index in [9.17, 15) is 9.90 Å². The van der Waals surface area contributed by atoms with Crippen molar-refractivity contribution < 1.29 is 15.0 Å². The van der Waals surface area contributed by atoms with Gasteiger partial charge in [-0.15, -0.1) is 5.10 Å². The molecular formula is C12H18N4O3S. The van der Waals surface area contributed by atoms with E-state index in [1.165, 1.54) is 11.8 Å². The van der Waals surface area contributed by atoms with E-state index in [0.717, 1.165) is 18.0 Å². The molecule has 1 aromatic rings. The highest BCUT2D eigenvalue weighted by molar-refractivity contribution is 7.99. The number of tetrazole rings is 1. The smallest absolute Gasteiger partial charge is 0.306 e. The Hall–Kier alpha value is -1.15. The van der Waals surface area contributed by atoms with Crippen LogP contribution in [0.4, 0.5) is 0 Å². The van der Waals surface area contributed by atoms with Gasteiger partial charge in [-0.1, -0.05) is 11.8 Å². The molecule has 110 valence electrons. The number of thioether (sulfide) groups is 1. The number of carbonyl (C=O) groups is 1. The van der Waals surface area contributed by atoms with Crippen LogP contribution in [0.2, 0.25) is 0 Å². The van der Waals surface area contributed by atoms with Crippen LogP contribution in [0.3, 0.4) is 0 Å². The molecule has 1 aromatic heterocycles. The van der Waals surface area contributed by atoms with Crippen LogP contribution in [0.1, 0.15) is 44.6 Å². The summed E-state index contributed by atoms with van der Waals surface area (Å²) in [7, 11) is 0. The van der Waals surface area contributed by atoms with Crippen LogP contribution in [0.15, 0.2) is 5.16 Å². The van der Waals surface area contributed by atoms with Gasteiger partial charge in [0.1, 0.15) is 0 Å². The summed E-state index contributed by atoms with van der Waals surface area (Å²) in [5, 5.41) is 31.9. The van der Waals surface area contributed by atoms with Gasteiger partial charge >= 0.3 is 5.97 Å². The zero-order chi connectivity index (χ0) is 14.2. The second kappa shape index (κ2) is 5.33. The standard InChI is InChI=1S/C12H18N4O3S/c17-10(18)8-3-5-12(19,6-4-8)7-20-11-13-14-15-16(11)9-1-2-9/h8-9,19H,1-7H2,(H,17,18). The van der Waals surface area contributed by atoms with Gasteiger partial charge in [0, 0.05) is 5.75 Å². The maximum Gasteiger partial charge on any atom is 0.306 e. The normalized spacial score (nSPS) is 30.4. The maximum absolute atomic E-state index is 10.9. The van der Waals surface area contributed by atoms with Crippen LogP contribution in [0.25, 0.3) is 0 Å². The first-order valence-corrected chi connectivity index (χ1v) is 7.92. The minimum atomic E-state index is -0.795. The number of hydrogen-bond donors (Lipinski definition) is 2. The Kier molecular flexibility index (Phi) is 3.68. The molecule has 20 heavy (non-hydrogen) atoms. The lowest BCUT2D eigenvalue weighted by atomic mass is 9.80. The van der Waals surface area contributed by atoms with Crippen molar-refractivity contribution in [3.05, 3.63) is 0 Å². The van der Waals surface area contributed by atoms with Gasteiger partial charge < -0.3 is 10.2 Å². The van der Waals surface area contributed by atoms with E-state index in [-0.39, 0.29) is 5.92 Å². The van der Waals surface area contributed by atoms with Crippen LogP contribution in [-0.2, 0) is 4.79 Å². The fraction of sp³-hybridized carbons (Fsp3) is 0.833. The third-order valence-corrected chi connectivity index (χ3v) is 5.30. The molecule has 0 aromatic carbocycles. The molecule has 0 unspecified atom stereocenters. The summed E-state index contributed by atoms with van der Waals surface area (Å²) < 4.78 is 1.83. The molecule has 2 aliphatic carbocycles. The zero-order valence-electron chi connectivity index (χ0n) is 11.1. The molecule has 2 aliphatic rings. The Labute approximate surface area is 120 Å². The number of carboxylic acid groups (broad SMARTS) is 1. The fourth-order valence-corrected chi connectivity index (χ4v) is 3.67. The van der Waals surface area contributed by atoms with Gasteiger partial charge in [-0.2, -0.15) is 0 Å². The Bertz CT molecular complexity index is 495. The Morgan fingerprint density at radius 2 is 2.05 bits per heavy atom. The molecule has 2 fully saturated rings. The van der Waals surface area contributed by atoms with Crippen molar-refractivity contribution in [3.63, 3.8) is 0 Å². The molecular weight excluding hydrogens is 280 g/mol. The predicted octanol–water partition coefficient (Wildman–Crippen LogP) is 1.11. The first-order chi connectivity index (χ1) is 9.57. The highest BCUT2D eigenvalue weighted by atomic mass is 32.2. The number of rotatable bonds is 5. The van der Waals surface area contributed by atoms with Gasteiger partial charge in [-0.25, -0.2) is 4.68 Å². The molecule has 0 atom stereocenters. The van der Waals surface area contributed by atoms with Crippen molar-refractivity contribution in [2.45, 2.75) is 55.3 Å². The van der Waals surface area contributed by atoms with E-state index in [0.29, 0.717) is 37.5 Å². The van der Waals surface area contributed by atoms with Crippen LogP contribution in [-0.4, -0.2) is 47.7 Å². The average molecular weight is 298 g/mol. The van der Waals surface area contributed by atoms with Crippen LogP contribution >= 0.6 is 11.8 Å². The average Bonchev–Trinajstić information content (AvgIpc) is 3.16. The van der Waals surface area contributed by atoms with Gasteiger partial charge in [0.15, 0.2) is 0 Å². The lowest BCUT2D eigenvalue weighted by molar-refractivity contribution is -0.144. The fourth-order valence-electron chi connectivity index (χ4n) is 2.57. The van der Waals surface area contributed by atoms with Crippen LogP contribution < -0.4 is 0 Å². The van der Waals surface area contributed by atoms with Gasteiger partial charge in [0.05, 0.1) is 17.6 Å². The highest BCUT2D eigenvalue weighted by Gasteiger charge is 2.36. The molecule has 3 rings (SSSR count). The van der Waals surface area contributed by atoms with Crippen molar-refractivity contribution in [3.8, 4) is 0 Å². The molecule has 2 saturated carbocycles. The lowest BCUT2D eigenvalue weighted by Crippen LogP contribution is -2.38. The largest absolute Gasteiger partial charge is 0.481 e. The maximum atomic E-state index is 10.9. The summed E-state index contributed by atoms with van der Waals surface area (Å²) >= 11 is 1.47. The molecule has 1 heterocycles. The molecule has 0 saturated heterocycles. The van der Waals surface area contributed by atoms with Gasteiger partial charge in [0.2, 0.25) is 5.16 Å². The van der Waals surface area contributed by atoms with Gasteiger partial charge in [-0.3, -0.25) is 4.79 Å². The number of nitrogens with zero attached hydrogens (tertiary/aromatic N) is 4. The molecule has 7 nitrogen and oxygen atoms in total. The van der Waals surface area contributed by atoms with E-state index in [4.69, 9.17) is 5.11 Å². The Balaban J connectivity index is 1.55. The SMILES string of the molecule is O=C(O)C1CCC(O)(CSc2nnnn2C2CC2)CC1. The van der Waals surface area contributed by atoms with Crippen molar-refractivity contribution in [1.29, 1.82) is 0 Å². The van der Waals surface area contributed by atoms with Crippen molar-refractivity contribution in [2.75, 3.05) is 5.75 Å². The summed E-state index contributed by atoms with van der Waals surface area (Å²) in [5.41, 5.74) is -0.795.